The number of rotatable bonds is 9. The SMILES string of the molecule is COCCCN1C(=O)C(=O)C(=C(O)c2ccc3c(c2)C[C@@H](C)O3)[C@@H]1c1cccc(OCc2ccccc2)c1. The molecule has 0 aliphatic carbocycles. The van der Waals surface area contributed by atoms with E-state index in [1.807, 2.05) is 67.6 Å². The van der Waals surface area contributed by atoms with Crippen LogP contribution in [0.3, 0.4) is 0 Å². The van der Waals surface area contributed by atoms with E-state index in [9.17, 15) is 14.7 Å². The molecule has 2 aliphatic heterocycles. The highest BCUT2D eigenvalue weighted by Crippen LogP contribution is 2.41. The third-order valence-corrected chi connectivity index (χ3v) is 6.88. The van der Waals surface area contributed by atoms with E-state index in [4.69, 9.17) is 14.2 Å². The van der Waals surface area contributed by atoms with Gasteiger partial charge in [0.2, 0.25) is 0 Å². The Kier molecular flexibility index (Phi) is 7.47. The average molecular weight is 514 g/mol. The average Bonchev–Trinajstić information content (AvgIpc) is 3.43. The lowest BCUT2D eigenvalue weighted by molar-refractivity contribution is -0.140. The van der Waals surface area contributed by atoms with Crippen LogP contribution in [0.2, 0.25) is 0 Å². The van der Waals surface area contributed by atoms with Gasteiger partial charge in [-0.2, -0.15) is 0 Å². The molecule has 0 aromatic heterocycles. The van der Waals surface area contributed by atoms with E-state index >= 15 is 0 Å². The maximum Gasteiger partial charge on any atom is 0.295 e. The number of amides is 1. The van der Waals surface area contributed by atoms with Crippen LogP contribution in [0.4, 0.5) is 0 Å². The van der Waals surface area contributed by atoms with E-state index in [2.05, 4.69) is 0 Å². The Hall–Kier alpha value is -4.10. The number of Topliss-reactive ketones (excluding diaryl/α,β-unsaturated/α-hetero) is 1. The van der Waals surface area contributed by atoms with Gasteiger partial charge in [0.25, 0.3) is 11.7 Å². The number of likely N-dealkylation sites (tertiary alicyclic amines) is 1. The van der Waals surface area contributed by atoms with Crippen LogP contribution in [0.25, 0.3) is 5.76 Å². The van der Waals surface area contributed by atoms with Gasteiger partial charge in [0, 0.05) is 32.2 Å². The zero-order chi connectivity index (χ0) is 26.6. The van der Waals surface area contributed by atoms with Crippen LogP contribution in [0.5, 0.6) is 11.5 Å². The topological polar surface area (TPSA) is 85.3 Å². The summed E-state index contributed by atoms with van der Waals surface area (Å²) < 4.78 is 17.0. The summed E-state index contributed by atoms with van der Waals surface area (Å²) in [7, 11) is 1.59. The Morgan fingerprint density at radius 2 is 1.87 bits per heavy atom. The Morgan fingerprint density at radius 3 is 2.66 bits per heavy atom. The van der Waals surface area contributed by atoms with Crippen molar-refractivity contribution in [2.24, 2.45) is 0 Å². The minimum absolute atomic E-state index is 0.0485. The number of ketones is 1. The Labute approximate surface area is 222 Å². The number of aliphatic hydroxyl groups is 1. The summed E-state index contributed by atoms with van der Waals surface area (Å²) in [6.07, 6.45) is 1.32. The fourth-order valence-electron chi connectivity index (χ4n) is 5.08. The van der Waals surface area contributed by atoms with Crippen LogP contribution < -0.4 is 9.47 Å². The normalized spacial score (nSPS) is 19.9. The monoisotopic (exact) mass is 513 g/mol. The van der Waals surface area contributed by atoms with Gasteiger partial charge in [-0.15, -0.1) is 0 Å². The van der Waals surface area contributed by atoms with E-state index in [1.54, 1.807) is 19.2 Å². The molecule has 196 valence electrons. The van der Waals surface area contributed by atoms with Crippen molar-refractivity contribution < 1.29 is 28.9 Å². The molecule has 7 nitrogen and oxygen atoms in total. The van der Waals surface area contributed by atoms with Crippen LogP contribution in [-0.4, -0.2) is 48.1 Å². The van der Waals surface area contributed by atoms with E-state index < -0.39 is 17.7 Å². The van der Waals surface area contributed by atoms with Crippen LogP contribution in [0, 0.1) is 0 Å². The Morgan fingerprint density at radius 1 is 1.05 bits per heavy atom. The van der Waals surface area contributed by atoms with Crippen molar-refractivity contribution in [3.8, 4) is 11.5 Å². The van der Waals surface area contributed by atoms with E-state index in [0.717, 1.165) is 16.9 Å². The number of carbonyl (C=O) groups excluding carboxylic acids is 2. The fraction of sp³-hybridized carbons (Fsp3) is 0.290. The molecule has 0 spiro atoms. The number of ether oxygens (including phenoxy) is 3. The van der Waals surface area contributed by atoms with Crippen molar-refractivity contribution in [1.82, 2.24) is 4.90 Å². The molecule has 0 saturated carbocycles. The van der Waals surface area contributed by atoms with Crippen LogP contribution in [0.15, 0.2) is 78.4 Å². The van der Waals surface area contributed by atoms with Gasteiger partial charge in [-0.25, -0.2) is 0 Å². The maximum absolute atomic E-state index is 13.3. The summed E-state index contributed by atoms with van der Waals surface area (Å²) in [4.78, 5) is 28.0. The number of aliphatic hydroxyl groups excluding tert-OH is 1. The molecular weight excluding hydrogens is 482 g/mol. The first-order valence-electron chi connectivity index (χ1n) is 12.8. The molecule has 7 heteroatoms. The number of benzene rings is 3. The second kappa shape index (κ2) is 11.1. The molecule has 38 heavy (non-hydrogen) atoms. The van der Waals surface area contributed by atoms with Gasteiger partial charge < -0.3 is 24.2 Å². The minimum Gasteiger partial charge on any atom is -0.507 e. The van der Waals surface area contributed by atoms with Crippen LogP contribution in [0.1, 0.15) is 41.6 Å². The number of methoxy groups -OCH3 is 1. The van der Waals surface area contributed by atoms with Gasteiger partial charge in [0.15, 0.2) is 0 Å². The summed E-state index contributed by atoms with van der Waals surface area (Å²) in [5.41, 5.74) is 3.23. The van der Waals surface area contributed by atoms with Crippen molar-refractivity contribution in [2.75, 3.05) is 20.3 Å². The third kappa shape index (κ3) is 5.15. The molecular formula is C31H31NO6. The lowest BCUT2D eigenvalue weighted by Gasteiger charge is -2.25. The van der Waals surface area contributed by atoms with Gasteiger partial charge >= 0.3 is 0 Å². The van der Waals surface area contributed by atoms with Crippen LogP contribution >= 0.6 is 0 Å². The molecule has 1 N–H and O–H groups in total. The molecule has 3 aromatic rings. The summed E-state index contributed by atoms with van der Waals surface area (Å²) in [6.45, 7) is 3.12. The first-order chi connectivity index (χ1) is 18.5. The molecule has 5 rings (SSSR count). The first-order valence-corrected chi connectivity index (χ1v) is 12.8. The molecule has 1 saturated heterocycles. The quantitative estimate of drug-likeness (QED) is 0.187. The molecule has 0 radical (unpaired) electrons. The number of fused-ring (bicyclic) bond motifs is 1. The predicted molar refractivity (Wildman–Crippen MR) is 143 cm³/mol. The molecule has 0 unspecified atom stereocenters. The second-order valence-corrected chi connectivity index (χ2v) is 9.64. The second-order valence-electron chi connectivity index (χ2n) is 9.64. The molecule has 0 bridgehead atoms. The highest BCUT2D eigenvalue weighted by Gasteiger charge is 2.46. The summed E-state index contributed by atoms with van der Waals surface area (Å²) in [5, 5.41) is 11.4. The molecule has 3 aromatic carbocycles. The lowest BCUT2D eigenvalue weighted by atomic mass is 9.94. The fourth-order valence-corrected chi connectivity index (χ4v) is 5.08. The Balaban J connectivity index is 1.52. The largest absolute Gasteiger partial charge is 0.507 e. The van der Waals surface area contributed by atoms with Gasteiger partial charge in [0.05, 0.1) is 11.6 Å². The molecule has 2 heterocycles. The van der Waals surface area contributed by atoms with Crippen molar-refractivity contribution in [3.05, 3.63) is 101 Å². The first kappa shape index (κ1) is 25.5. The Bertz CT molecular complexity index is 1370. The number of hydrogen-bond donors (Lipinski definition) is 1. The van der Waals surface area contributed by atoms with Crippen molar-refractivity contribution in [2.45, 2.75) is 38.5 Å². The van der Waals surface area contributed by atoms with Crippen molar-refractivity contribution >= 4 is 17.4 Å². The zero-order valence-electron chi connectivity index (χ0n) is 21.6. The minimum atomic E-state index is -0.754. The maximum atomic E-state index is 13.3. The molecule has 1 fully saturated rings. The standard InChI is InChI=1S/C31H31NO6/c1-20-16-24-17-23(12-13-26(24)38-20)29(33)27-28(32(14-7-15-36-2)31(35)30(27)34)22-10-6-11-25(18-22)37-19-21-8-4-3-5-9-21/h3-6,8-13,17-18,20,28,33H,7,14-16,19H2,1-2H3/t20-,28+/m1/s1. The van der Waals surface area contributed by atoms with Gasteiger partial charge in [-0.3, -0.25) is 9.59 Å². The number of nitrogens with zero attached hydrogens (tertiary/aromatic N) is 1. The predicted octanol–water partition coefficient (Wildman–Crippen LogP) is 5.05. The number of carbonyl (C=O) groups is 2. The van der Waals surface area contributed by atoms with Gasteiger partial charge in [0.1, 0.15) is 30.0 Å². The van der Waals surface area contributed by atoms with E-state index in [0.29, 0.717) is 49.5 Å². The van der Waals surface area contributed by atoms with Crippen molar-refractivity contribution in [1.29, 1.82) is 0 Å². The summed E-state index contributed by atoms with van der Waals surface area (Å²) in [6, 6.07) is 21.8. The van der Waals surface area contributed by atoms with E-state index in [-0.39, 0.29) is 17.4 Å². The third-order valence-electron chi connectivity index (χ3n) is 6.88. The lowest BCUT2D eigenvalue weighted by Crippen LogP contribution is -2.31. The summed E-state index contributed by atoms with van der Waals surface area (Å²) >= 11 is 0. The highest BCUT2D eigenvalue weighted by atomic mass is 16.5. The van der Waals surface area contributed by atoms with Crippen molar-refractivity contribution in [3.63, 3.8) is 0 Å². The summed E-state index contributed by atoms with van der Waals surface area (Å²) in [5.74, 6) is -0.154. The zero-order valence-corrected chi connectivity index (χ0v) is 21.6. The number of hydrogen-bond acceptors (Lipinski definition) is 6. The highest BCUT2D eigenvalue weighted by molar-refractivity contribution is 6.46. The molecule has 1 amide bonds. The smallest absolute Gasteiger partial charge is 0.295 e. The molecule has 2 atom stereocenters. The van der Waals surface area contributed by atoms with E-state index in [1.165, 1.54) is 4.90 Å². The van der Waals surface area contributed by atoms with Gasteiger partial charge in [-0.05, 0) is 60.4 Å². The van der Waals surface area contributed by atoms with Gasteiger partial charge in [-0.1, -0.05) is 42.5 Å². The molecule has 2 aliphatic rings. The van der Waals surface area contributed by atoms with Crippen LogP contribution in [-0.2, 0) is 27.4 Å².